The molecule has 176 valence electrons. The standard InChI is InChI=1S/C26H48O4/c1-19(2)9-7-11-21(5)17-29-25(27)23-13-15-24(16-14-23)26(28)30-18-22(6)12-8-10-20(3)4/h19-24H,7-18H2,1-6H3. The van der Waals surface area contributed by atoms with Crippen molar-refractivity contribution in [3.63, 3.8) is 0 Å². The molecule has 2 atom stereocenters. The smallest absolute Gasteiger partial charge is 0.308 e. The molecule has 1 aliphatic carbocycles. The maximum Gasteiger partial charge on any atom is 0.308 e. The molecule has 0 bridgehead atoms. The summed E-state index contributed by atoms with van der Waals surface area (Å²) in [6, 6.07) is 0. The number of carbonyl (C=O) groups is 2. The Bertz CT molecular complexity index is 433. The molecule has 0 spiro atoms. The summed E-state index contributed by atoms with van der Waals surface area (Å²) in [4.78, 5) is 24.8. The molecule has 1 rings (SSSR count). The Morgan fingerprint density at radius 3 is 1.27 bits per heavy atom. The number of ether oxygens (including phenoxy) is 2. The number of hydrogen-bond acceptors (Lipinski definition) is 4. The molecule has 1 fully saturated rings. The summed E-state index contributed by atoms with van der Waals surface area (Å²) in [6.45, 7) is 14.3. The van der Waals surface area contributed by atoms with E-state index in [1.54, 1.807) is 0 Å². The zero-order valence-corrected chi connectivity index (χ0v) is 20.6. The van der Waals surface area contributed by atoms with Gasteiger partial charge in [-0.15, -0.1) is 0 Å². The van der Waals surface area contributed by atoms with Gasteiger partial charge in [0.1, 0.15) is 0 Å². The Balaban J connectivity index is 2.19. The van der Waals surface area contributed by atoms with Crippen molar-refractivity contribution < 1.29 is 19.1 Å². The topological polar surface area (TPSA) is 52.6 Å². The van der Waals surface area contributed by atoms with Gasteiger partial charge in [-0.25, -0.2) is 0 Å². The van der Waals surface area contributed by atoms with Crippen molar-refractivity contribution in [3.05, 3.63) is 0 Å². The van der Waals surface area contributed by atoms with E-state index in [1.807, 2.05) is 0 Å². The summed E-state index contributed by atoms with van der Waals surface area (Å²) < 4.78 is 11.1. The first-order chi connectivity index (χ1) is 14.2. The molecule has 1 aliphatic rings. The van der Waals surface area contributed by atoms with E-state index in [4.69, 9.17) is 9.47 Å². The third-order valence-electron chi connectivity index (χ3n) is 6.37. The molecule has 0 aromatic carbocycles. The van der Waals surface area contributed by atoms with Crippen molar-refractivity contribution in [1.29, 1.82) is 0 Å². The van der Waals surface area contributed by atoms with Gasteiger partial charge in [-0.1, -0.05) is 67.2 Å². The molecule has 0 N–H and O–H groups in total. The summed E-state index contributed by atoms with van der Waals surface area (Å²) in [5.41, 5.74) is 0. The van der Waals surface area contributed by atoms with Crippen LogP contribution in [0.4, 0.5) is 0 Å². The van der Waals surface area contributed by atoms with Crippen LogP contribution in [0.25, 0.3) is 0 Å². The molecule has 30 heavy (non-hydrogen) atoms. The Morgan fingerprint density at radius 2 is 0.967 bits per heavy atom. The average Bonchev–Trinajstić information content (AvgIpc) is 2.69. The minimum atomic E-state index is -0.0729. The molecule has 1 saturated carbocycles. The van der Waals surface area contributed by atoms with E-state index >= 15 is 0 Å². The van der Waals surface area contributed by atoms with Gasteiger partial charge in [0.15, 0.2) is 0 Å². The minimum absolute atomic E-state index is 0.0492. The largest absolute Gasteiger partial charge is 0.465 e. The van der Waals surface area contributed by atoms with Crippen LogP contribution >= 0.6 is 0 Å². The summed E-state index contributed by atoms with van der Waals surface area (Å²) >= 11 is 0. The van der Waals surface area contributed by atoms with Crippen molar-refractivity contribution in [3.8, 4) is 0 Å². The van der Waals surface area contributed by atoms with Gasteiger partial charge in [0, 0.05) is 0 Å². The maximum atomic E-state index is 12.4. The molecule has 2 unspecified atom stereocenters. The predicted octanol–water partition coefficient (Wildman–Crippen LogP) is 6.80. The van der Waals surface area contributed by atoms with Gasteiger partial charge in [-0.3, -0.25) is 9.59 Å². The lowest BCUT2D eigenvalue weighted by Gasteiger charge is -2.26. The van der Waals surface area contributed by atoms with Gasteiger partial charge in [0.25, 0.3) is 0 Å². The van der Waals surface area contributed by atoms with Crippen LogP contribution in [-0.2, 0) is 19.1 Å². The molecule has 4 nitrogen and oxygen atoms in total. The SMILES string of the molecule is CC(C)CCCC(C)COC(=O)C1CCC(C(=O)OCC(C)CCCC(C)C)CC1. The van der Waals surface area contributed by atoms with Crippen LogP contribution in [-0.4, -0.2) is 25.2 Å². The van der Waals surface area contributed by atoms with Gasteiger partial charge >= 0.3 is 11.9 Å². The van der Waals surface area contributed by atoms with Crippen LogP contribution in [0.15, 0.2) is 0 Å². The van der Waals surface area contributed by atoms with Crippen LogP contribution in [0.2, 0.25) is 0 Å². The van der Waals surface area contributed by atoms with Gasteiger partial charge in [0.05, 0.1) is 25.0 Å². The number of carbonyl (C=O) groups excluding carboxylic acids is 2. The quantitative estimate of drug-likeness (QED) is 0.288. The van der Waals surface area contributed by atoms with E-state index in [0.717, 1.165) is 50.4 Å². The Kier molecular flexibility index (Phi) is 13.4. The summed E-state index contributed by atoms with van der Waals surface area (Å²) in [5.74, 6) is 2.05. The Hall–Kier alpha value is -1.06. The number of rotatable bonds is 14. The second-order valence-electron chi connectivity index (χ2n) is 10.7. The summed E-state index contributed by atoms with van der Waals surface area (Å²) in [6.07, 6.45) is 10.0. The second kappa shape index (κ2) is 14.9. The highest BCUT2D eigenvalue weighted by molar-refractivity contribution is 5.75. The molecule has 0 aromatic heterocycles. The lowest BCUT2D eigenvalue weighted by molar-refractivity contribution is -0.156. The van der Waals surface area contributed by atoms with Gasteiger partial charge < -0.3 is 9.47 Å². The van der Waals surface area contributed by atoms with E-state index in [2.05, 4.69) is 41.5 Å². The second-order valence-corrected chi connectivity index (χ2v) is 10.7. The van der Waals surface area contributed by atoms with Crippen molar-refractivity contribution in [2.24, 2.45) is 35.5 Å². The van der Waals surface area contributed by atoms with Crippen LogP contribution < -0.4 is 0 Å². The van der Waals surface area contributed by atoms with E-state index in [9.17, 15) is 9.59 Å². The highest BCUT2D eigenvalue weighted by atomic mass is 16.5. The molecule has 0 heterocycles. The van der Waals surface area contributed by atoms with Crippen LogP contribution in [0.3, 0.4) is 0 Å². The van der Waals surface area contributed by atoms with Crippen molar-refractivity contribution >= 4 is 11.9 Å². The number of hydrogen-bond donors (Lipinski definition) is 0. The fourth-order valence-electron chi connectivity index (χ4n) is 4.17. The third kappa shape index (κ3) is 12.0. The lowest BCUT2D eigenvalue weighted by Crippen LogP contribution is -2.29. The van der Waals surface area contributed by atoms with Crippen LogP contribution in [0.1, 0.15) is 106 Å². The molecule has 0 aromatic rings. The highest BCUT2D eigenvalue weighted by Gasteiger charge is 2.32. The van der Waals surface area contributed by atoms with E-state index in [-0.39, 0.29) is 23.8 Å². The van der Waals surface area contributed by atoms with Crippen LogP contribution in [0, 0.1) is 35.5 Å². The summed E-state index contributed by atoms with van der Waals surface area (Å²) in [5, 5.41) is 0. The lowest BCUT2D eigenvalue weighted by atomic mass is 9.82. The maximum absolute atomic E-state index is 12.4. The molecular formula is C26H48O4. The first kappa shape index (κ1) is 27.0. The van der Waals surface area contributed by atoms with Crippen LogP contribution in [0.5, 0.6) is 0 Å². The highest BCUT2D eigenvalue weighted by Crippen LogP contribution is 2.31. The molecule has 4 heteroatoms. The van der Waals surface area contributed by atoms with Crippen molar-refractivity contribution in [2.45, 2.75) is 106 Å². The van der Waals surface area contributed by atoms with Gasteiger partial charge in [-0.2, -0.15) is 0 Å². The summed E-state index contributed by atoms with van der Waals surface area (Å²) in [7, 11) is 0. The first-order valence-corrected chi connectivity index (χ1v) is 12.5. The molecular weight excluding hydrogens is 376 g/mol. The fourth-order valence-corrected chi connectivity index (χ4v) is 4.17. The van der Waals surface area contributed by atoms with E-state index < -0.39 is 0 Å². The molecule has 0 saturated heterocycles. The number of esters is 2. The Morgan fingerprint density at radius 1 is 0.633 bits per heavy atom. The third-order valence-corrected chi connectivity index (χ3v) is 6.37. The Labute approximate surface area is 185 Å². The van der Waals surface area contributed by atoms with Crippen molar-refractivity contribution in [2.75, 3.05) is 13.2 Å². The van der Waals surface area contributed by atoms with E-state index in [1.165, 1.54) is 25.7 Å². The van der Waals surface area contributed by atoms with Gasteiger partial charge in [-0.05, 0) is 62.2 Å². The minimum Gasteiger partial charge on any atom is -0.465 e. The molecule has 0 aliphatic heterocycles. The molecule has 0 amide bonds. The zero-order chi connectivity index (χ0) is 22.5. The average molecular weight is 425 g/mol. The fraction of sp³-hybridized carbons (Fsp3) is 0.923. The van der Waals surface area contributed by atoms with Gasteiger partial charge in [0.2, 0.25) is 0 Å². The zero-order valence-electron chi connectivity index (χ0n) is 20.6. The predicted molar refractivity (Wildman–Crippen MR) is 123 cm³/mol. The monoisotopic (exact) mass is 424 g/mol. The van der Waals surface area contributed by atoms with E-state index in [0.29, 0.717) is 25.0 Å². The first-order valence-electron chi connectivity index (χ1n) is 12.5. The van der Waals surface area contributed by atoms with Crippen molar-refractivity contribution in [1.82, 2.24) is 0 Å². The molecule has 0 radical (unpaired) electrons. The normalized spacial score (nSPS) is 21.5.